The molecule has 1 atom stereocenters. The highest BCUT2D eigenvalue weighted by Gasteiger charge is 2.38. The molecule has 1 aliphatic rings. The molecule has 3 heterocycles. The van der Waals surface area contributed by atoms with Gasteiger partial charge in [-0.2, -0.15) is 0 Å². The Morgan fingerprint density at radius 3 is 2.55 bits per heavy atom. The van der Waals surface area contributed by atoms with Crippen LogP contribution < -0.4 is 5.56 Å². The van der Waals surface area contributed by atoms with E-state index in [-0.39, 0.29) is 17.9 Å². The molecule has 31 heavy (non-hydrogen) atoms. The molecule has 1 saturated heterocycles. The molecule has 5 rings (SSSR count). The van der Waals surface area contributed by atoms with Crippen LogP contribution >= 0.6 is 0 Å². The first-order chi connectivity index (χ1) is 15.1. The minimum atomic E-state index is -0.640. The zero-order chi connectivity index (χ0) is 21.3. The van der Waals surface area contributed by atoms with Crippen LogP contribution in [0.3, 0.4) is 0 Å². The third kappa shape index (κ3) is 3.64. The van der Waals surface area contributed by atoms with Crippen molar-refractivity contribution < 1.29 is 14.3 Å². The number of fused-ring (bicyclic) bond motifs is 1. The van der Waals surface area contributed by atoms with Gasteiger partial charge in [-0.05, 0) is 18.4 Å². The van der Waals surface area contributed by atoms with Gasteiger partial charge in [-0.3, -0.25) is 9.89 Å². The average molecular weight is 415 g/mol. The van der Waals surface area contributed by atoms with Crippen LogP contribution in [0.4, 0.5) is 0 Å². The molecule has 7 heteroatoms. The van der Waals surface area contributed by atoms with Gasteiger partial charge in [0.05, 0.1) is 5.69 Å². The topological polar surface area (TPSA) is 85.7 Å². The number of benzene rings is 2. The number of nitrogens with one attached hydrogen (secondary N) is 1. The Morgan fingerprint density at radius 2 is 1.84 bits per heavy atom. The fraction of sp³-hybridized carbons (Fsp3) is 0.208. The van der Waals surface area contributed by atoms with E-state index >= 15 is 0 Å². The summed E-state index contributed by atoms with van der Waals surface area (Å²) < 4.78 is 12.9. The fourth-order valence-corrected chi connectivity index (χ4v) is 3.98. The first-order valence-electron chi connectivity index (χ1n) is 10.2. The van der Waals surface area contributed by atoms with Crippen LogP contribution in [-0.2, 0) is 15.1 Å². The number of rotatable bonds is 5. The van der Waals surface area contributed by atoms with Crippen LogP contribution in [0, 0.1) is 0 Å². The summed E-state index contributed by atoms with van der Waals surface area (Å²) in [4.78, 5) is 29.8. The lowest BCUT2D eigenvalue weighted by Crippen LogP contribution is -2.32. The summed E-state index contributed by atoms with van der Waals surface area (Å²) in [5.41, 5.74) is 1.94. The maximum Gasteiger partial charge on any atom is 0.356 e. The average Bonchev–Trinajstić information content (AvgIpc) is 3.47. The van der Waals surface area contributed by atoms with Crippen molar-refractivity contribution in [2.45, 2.75) is 18.4 Å². The summed E-state index contributed by atoms with van der Waals surface area (Å²) in [6.07, 6.45) is 1.68. The van der Waals surface area contributed by atoms with Crippen molar-refractivity contribution in [3.05, 3.63) is 94.4 Å². The lowest BCUT2D eigenvalue weighted by atomic mass is 9.92. The van der Waals surface area contributed by atoms with Crippen molar-refractivity contribution in [2.75, 3.05) is 13.2 Å². The number of hydrogen-bond donors (Lipinski definition) is 1. The molecule has 1 N–H and O–H groups in total. The van der Waals surface area contributed by atoms with Gasteiger partial charge in [-0.1, -0.05) is 60.7 Å². The predicted octanol–water partition coefficient (Wildman–Crippen LogP) is 3.55. The Bertz CT molecular complexity index is 1270. The number of carbonyl (C=O) groups is 1. The highest BCUT2D eigenvalue weighted by molar-refractivity contribution is 5.88. The molecule has 0 spiro atoms. The van der Waals surface area contributed by atoms with Crippen molar-refractivity contribution in [2.24, 2.45) is 0 Å². The Morgan fingerprint density at radius 1 is 1.10 bits per heavy atom. The summed E-state index contributed by atoms with van der Waals surface area (Å²) >= 11 is 0. The summed E-state index contributed by atoms with van der Waals surface area (Å²) in [6, 6.07) is 22.2. The standard InChI is InChI=1S/C24H21N3O4/c28-22-15-19(17-8-3-1-4-9-17)25-21-14-20(26-27(21)22)23(29)30-16-24(12-7-13-31-24)18-10-5-2-6-11-18/h1-6,8-11,14-15,26H,7,12-13,16H2. The van der Waals surface area contributed by atoms with Crippen LogP contribution in [-0.4, -0.2) is 33.8 Å². The summed E-state index contributed by atoms with van der Waals surface area (Å²) in [5.74, 6) is -0.558. The van der Waals surface area contributed by atoms with E-state index in [1.165, 1.54) is 16.6 Å². The highest BCUT2D eigenvalue weighted by Crippen LogP contribution is 2.36. The van der Waals surface area contributed by atoms with Crippen molar-refractivity contribution in [1.29, 1.82) is 0 Å². The van der Waals surface area contributed by atoms with E-state index in [9.17, 15) is 9.59 Å². The molecule has 2 aromatic carbocycles. The fourth-order valence-electron chi connectivity index (χ4n) is 3.98. The molecule has 1 fully saturated rings. The van der Waals surface area contributed by atoms with Crippen LogP contribution in [0.1, 0.15) is 28.9 Å². The van der Waals surface area contributed by atoms with Crippen molar-refractivity contribution in [3.8, 4) is 11.3 Å². The summed E-state index contributed by atoms with van der Waals surface area (Å²) in [6.45, 7) is 0.725. The second-order valence-electron chi connectivity index (χ2n) is 7.60. The molecule has 1 unspecified atom stereocenters. The lowest BCUT2D eigenvalue weighted by Gasteiger charge is -2.28. The number of nitrogens with zero attached hydrogens (tertiary/aromatic N) is 2. The Balaban J connectivity index is 1.40. The quantitative estimate of drug-likeness (QED) is 0.504. The molecular formula is C24H21N3O4. The molecule has 0 radical (unpaired) electrons. The maximum absolute atomic E-state index is 12.8. The second kappa shape index (κ2) is 7.85. The molecule has 4 aromatic rings. The van der Waals surface area contributed by atoms with E-state index < -0.39 is 11.6 Å². The first kappa shape index (κ1) is 19.3. The van der Waals surface area contributed by atoms with E-state index in [0.717, 1.165) is 24.0 Å². The molecule has 0 amide bonds. The van der Waals surface area contributed by atoms with E-state index in [1.54, 1.807) is 0 Å². The van der Waals surface area contributed by atoms with E-state index in [4.69, 9.17) is 9.47 Å². The number of hydrogen-bond acceptors (Lipinski definition) is 5. The van der Waals surface area contributed by atoms with E-state index in [2.05, 4.69) is 10.1 Å². The third-order valence-corrected chi connectivity index (χ3v) is 5.58. The van der Waals surface area contributed by atoms with Crippen molar-refractivity contribution >= 4 is 11.6 Å². The van der Waals surface area contributed by atoms with Gasteiger partial charge in [0.15, 0.2) is 5.65 Å². The molecule has 1 aliphatic heterocycles. The van der Waals surface area contributed by atoms with Crippen LogP contribution in [0.25, 0.3) is 16.9 Å². The molecule has 2 aromatic heterocycles. The maximum atomic E-state index is 12.8. The van der Waals surface area contributed by atoms with Gasteiger partial charge in [0.25, 0.3) is 5.56 Å². The minimum absolute atomic E-state index is 0.100. The Hall–Kier alpha value is -3.71. The zero-order valence-corrected chi connectivity index (χ0v) is 16.8. The normalized spacial score (nSPS) is 18.3. The van der Waals surface area contributed by atoms with Gasteiger partial charge >= 0.3 is 5.97 Å². The first-order valence-corrected chi connectivity index (χ1v) is 10.2. The number of H-pyrrole nitrogens is 1. The van der Waals surface area contributed by atoms with Crippen molar-refractivity contribution in [3.63, 3.8) is 0 Å². The SMILES string of the molecule is O=C(OCC1(c2ccccc2)CCCO1)c1cc2nc(-c3ccccc3)cc(=O)n2[nH]1. The number of ether oxygens (including phenoxy) is 2. The number of esters is 1. The van der Waals surface area contributed by atoms with E-state index in [1.807, 2.05) is 60.7 Å². The van der Waals surface area contributed by atoms with Crippen LogP contribution in [0.2, 0.25) is 0 Å². The number of aromatic amines is 1. The van der Waals surface area contributed by atoms with Gasteiger partial charge in [-0.25, -0.2) is 14.3 Å². The third-order valence-electron chi connectivity index (χ3n) is 5.58. The summed E-state index contributed by atoms with van der Waals surface area (Å²) in [7, 11) is 0. The second-order valence-corrected chi connectivity index (χ2v) is 7.60. The molecular weight excluding hydrogens is 394 g/mol. The molecule has 7 nitrogen and oxygen atoms in total. The molecule has 0 bridgehead atoms. The van der Waals surface area contributed by atoms with Gasteiger partial charge in [0.1, 0.15) is 17.9 Å². The highest BCUT2D eigenvalue weighted by atomic mass is 16.6. The number of carbonyl (C=O) groups excluding carboxylic acids is 1. The Labute approximate surface area is 178 Å². The number of aromatic nitrogens is 3. The monoisotopic (exact) mass is 415 g/mol. The van der Waals surface area contributed by atoms with Crippen LogP contribution in [0.5, 0.6) is 0 Å². The smallest absolute Gasteiger partial charge is 0.356 e. The lowest BCUT2D eigenvalue weighted by molar-refractivity contribution is -0.0541. The predicted molar refractivity (Wildman–Crippen MR) is 115 cm³/mol. The summed E-state index contributed by atoms with van der Waals surface area (Å²) in [5, 5.41) is 2.80. The van der Waals surface area contributed by atoms with Crippen molar-refractivity contribution in [1.82, 2.24) is 14.6 Å². The minimum Gasteiger partial charge on any atom is -0.458 e. The molecule has 0 aliphatic carbocycles. The van der Waals surface area contributed by atoms with Gasteiger partial charge in [-0.15, -0.1) is 0 Å². The van der Waals surface area contributed by atoms with Crippen LogP contribution in [0.15, 0.2) is 77.6 Å². The molecule has 156 valence electrons. The van der Waals surface area contributed by atoms with Gasteiger partial charge in [0, 0.05) is 24.3 Å². The zero-order valence-electron chi connectivity index (χ0n) is 16.8. The molecule has 0 saturated carbocycles. The van der Waals surface area contributed by atoms with E-state index in [0.29, 0.717) is 17.9 Å². The van der Waals surface area contributed by atoms with Gasteiger partial charge < -0.3 is 9.47 Å². The Kier molecular flexibility index (Phi) is 4.88. The largest absolute Gasteiger partial charge is 0.458 e. The van der Waals surface area contributed by atoms with Gasteiger partial charge in [0.2, 0.25) is 0 Å².